The molecule has 0 radical (unpaired) electrons. The van der Waals surface area contributed by atoms with E-state index in [1.54, 1.807) is 0 Å². The van der Waals surface area contributed by atoms with Gasteiger partial charge < -0.3 is 9.53 Å². The molecule has 0 amide bonds. The normalized spacial score (nSPS) is 10.4. The first kappa shape index (κ1) is 19.1. The van der Waals surface area contributed by atoms with Crippen molar-refractivity contribution in [2.75, 3.05) is 6.61 Å². The van der Waals surface area contributed by atoms with Gasteiger partial charge in [-0.2, -0.15) is 0 Å². The fourth-order valence-corrected chi connectivity index (χ4v) is 2.17. The largest absolute Gasteiger partial charge is 0.466 e. The van der Waals surface area contributed by atoms with Gasteiger partial charge in [0, 0.05) is 12.8 Å². The van der Waals surface area contributed by atoms with Crippen LogP contribution < -0.4 is 0 Å². The van der Waals surface area contributed by atoms with Crippen LogP contribution in [0.4, 0.5) is 0 Å². The Bertz CT molecular complexity index is 226. The van der Waals surface area contributed by atoms with Gasteiger partial charge in [-0.1, -0.05) is 58.3 Å². The highest BCUT2D eigenvalue weighted by Gasteiger charge is 2.02. The van der Waals surface area contributed by atoms with Gasteiger partial charge in [0.2, 0.25) is 0 Å². The van der Waals surface area contributed by atoms with Gasteiger partial charge in [0.1, 0.15) is 6.29 Å². The van der Waals surface area contributed by atoms with Crippen LogP contribution in [-0.4, -0.2) is 18.9 Å². The average Bonchev–Trinajstić information content (AvgIpc) is 2.45. The minimum absolute atomic E-state index is 0.0347. The fraction of sp³-hybridized carbons (Fsp3) is 0.882. The van der Waals surface area contributed by atoms with Gasteiger partial charge in [-0.25, -0.2) is 0 Å². The van der Waals surface area contributed by atoms with Gasteiger partial charge in [-0.05, 0) is 19.3 Å². The Kier molecular flexibility index (Phi) is 15.5. The molecule has 0 aliphatic rings. The van der Waals surface area contributed by atoms with Crippen LogP contribution in [-0.2, 0) is 14.3 Å². The van der Waals surface area contributed by atoms with Crippen molar-refractivity contribution >= 4 is 12.3 Å². The van der Waals surface area contributed by atoms with Gasteiger partial charge in [-0.15, -0.1) is 0 Å². The molecule has 118 valence electrons. The zero-order valence-corrected chi connectivity index (χ0v) is 13.2. The standard InChI is InChI=1S/C17H32O3/c1-2-3-4-13-16-20-17(19)14-11-9-7-5-6-8-10-12-15-18/h15H,2-14,16H2,1H3. The molecule has 0 unspecified atom stereocenters. The molecule has 0 aliphatic heterocycles. The molecule has 0 aromatic rings. The fourth-order valence-electron chi connectivity index (χ4n) is 2.17. The number of aldehydes is 1. The zero-order valence-electron chi connectivity index (χ0n) is 13.2. The molecule has 0 rings (SSSR count). The summed E-state index contributed by atoms with van der Waals surface area (Å²) in [4.78, 5) is 21.6. The zero-order chi connectivity index (χ0) is 14.9. The van der Waals surface area contributed by atoms with E-state index in [4.69, 9.17) is 4.74 Å². The lowest BCUT2D eigenvalue weighted by atomic mass is 10.1. The minimum atomic E-state index is -0.0347. The Labute approximate surface area is 124 Å². The summed E-state index contributed by atoms with van der Waals surface area (Å²) in [5.41, 5.74) is 0. The highest BCUT2D eigenvalue weighted by atomic mass is 16.5. The molecule has 0 aliphatic carbocycles. The van der Waals surface area contributed by atoms with E-state index < -0.39 is 0 Å². The number of rotatable bonds is 15. The van der Waals surface area contributed by atoms with Gasteiger partial charge in [0.15, 0.2) is 0 Å². The van der Waals surface area contributed by atoms with E-state index in [9.17, 15) is 9.59 Å². The summed E-state index contributed by atoms with van der Waals surface area (Å²) in [7, 11) is 0. The van der Waals surface area contributed by atoms with Crippen molar-refractivity contribution in [1.29, 1.82) is 0 Å². The number of ether oxygens (including phenoxy) is 1. The molecule has 0 bridgehead atoms. The summed E-state index contributed by atoms with van der Waals surface area (Å²) in [5.74, 6) is -0.0347. The molecule has 0 aromatic heterocycles. The third-order valence-electron chi connectivity index (χ3n) is 3.46. The number of unbranched alkanes of at least 4 members (excludes halogenated alkanes) is 10. The Morgan fingerprint density at radius 1 is 0.850 bits per heavy atom. The first-order valence-corrected chi connectivity index (χ1v) is 8.40. The lowest BCUT2D eigenvalue weighted by Crippen LogP contribution is -2.05. The van der Waals surface area contributed by atoms with E-state index in [2.05, 4.69) is 6.92 Å². The second kappa shape index (κ2) is 16.2. The van der Waals surface area contributed by atoms with Gasteiger partial charge in [-0.3, -0.25) is 4.79 Å². The van der Waals surface area contributed by atoms with E-state index in [0.717, 1.165) is 44.8 Å². The van der Waals surface area contributed by atoms with Crippen LogP contribution in [0.15, 0.2) is 0 Å². The highest BCUT2D eigenvalue weighted by Crippen LogP contribution is 2.10. The van der Waals surface area contributed by atoms with E-state index in [-0.39, 0.29) is 5.97 Å². The Morgan fingerprint density at radius 2 is 1.45 bits per heavy atom. The number of carbonyl (C=O) groups is 2. The van der Waals surface area contributed by atoms with Gasteiger partial charge >= 0.3 is 5.97 Å². The summed E-state index contributed by atoms with van der Waals surface area (Å²) < 4.78 is 5.19. The van der Waals surface area contributed by atoms with Crippen molar-refractivity contribution in [3.8, 4) is 0 Å². The number of carbonyl (C=O) groups excluding carboxylic acids is 2. The summed E-state index contributed by atoms with van der Waals surface area (Å²) in [5, 5.41) is 0. The molecule has 0 aromatic carbocycles. The van der Waals surface area contributed by atoms with Gasteiger partial charge in [0.05, 0.1) is 6.61 Å². The third kappa shape index (κ3) is 15.2. The SMILES string of the molecule is CCCCCCOC(=O)CCCCCCCCCC=O. The monoisotopic (exact) mass is 284 g/mol. The summed E-state index contributed by atoms with van der Waals surface area (Å²) in [6.45, 7) is 2.77. The molecule has 3 nitrogen and oxygen atoms in total. The van der Waals surface area contributed by atoms with Crippen LogP contribution in [0.2, 0.25) is 0 Å². The van der Waals surface area contributed by atoms with E-state index in [0.29, 0.717) is 19.4 Å². The van der Waals surface area contributed by atoms with Crippen molar-refractivity contribution < 1.29 is 14.3 Å². The van der Waals surface area contributed by atoms with Crippen LogP contribution in [0.3, 0.4) is 0 Å². The average molecular weight is 284 g/mol. The molecule has 0 heterocycles. The van der Waals surface area contributed by atoms with E-state index in [1.165, 1.54) is 32.1 Å². The predicted molar refractivity (Wildman–Crippen MR) is 82.7 cm³/mol. The van der Waals surface area contributed by atoms with Crippen molar-refractivity contribution in [2.45, 2.75) is 90.4 Å². The second-order valence-electron chi connectivity index (χ2n) is 5.46. The Morgan fingerprint density at radius 3 is 2.10 bits per heavy atom. The predicted octanol–water partition coefficient (Wildman–Crippen LogP) is 4.82. The number of hydrogen-bond donors (Lipinski definition) is 0. The van der Waals surface area contributed by atoms with Crippen molar-refractivity contribution in [3.63, 3.8) is 0 Å². The van der Waals surface area contributed by atoms with Crippen molar-refractivity contribution in [3.05, 3.63) is 0 Å². The first-order chi connectivity index (χ1) is 9.81. The smallest absolute Gasteiger partial charge is 0.305 e. The quantitative estimate of drug-likeness (QED) is 0.246. The summed E-state index contributed by atoms with van der Waals surface area (Å²) in [6.07, 6.45) is 14.7. The first-order valence-electron chi connectivity index (χ1n) is 8.40. The Balaban J connectivity index is 3.13. The van der Waals surface area contributed by atoms with Crippen LogP contribution in [0.25, 0.3) is 0 Å². The lowest BCUT2D eigenvalue weighted by Gasteiger charge is -2.04. The second-order valence-corrected chi connectivity index (χ2v) is 5.46. The van der Waals surface area contributed by atoms with Crippen LogP contribution >= 0.6 is 0 Å². The van der Waals surface area contributed by atoms with E-state index in [1.807, 2.05) is 0 Å². The van der Waals surface area contributed by atoms with Crippen molar-refractivity contribution in [2.24, 2.45) is 0 Å². The molecular formula is C17H32O3. The van der Waals surface area contributed by atoms with Crippen LogP contribution in [0.5, 0.6) is 0 Å². The molecule has 0 spiro atoms. The maximum absolute atomic E-state index is 11.4. The molecule has 20 heavy (non-hydrogen) atoms. The molecule has 0 saturated carbocycles. The Hall–Kier alpha value is -0.860. The van der Waals surface area contributed by atoms with Crippen LogP contribution in [0.1, 0.15) is 90.4 Å². The third-order valence-corrected chi connectivity index (χ3v) is 3.46. The van der Waals surface area contributed by atoms with Crippen molar-refractivity contribution in [1.82, 2.24) is 0 Å². The topological polar surface area (TPSA) is 43.4 Å². The van der Waals surface area contributed by atoms with Crippen LogP contribution in [0, 0.1) is 0 Å². The molecule has 0 saturated heterocycles. The maximum Gasteiger partial charge on any atom is 0.305 e. The molecule has 0 fully saturated rings. The lowest BCUT2D eigenvalue weighted by molar-refractivity contribution is -0.143. The number of hydrogen-bond acceptors (Lipinski definition) is 3. The molecule has 0 atom stereocenters. The molecule has 3 heteroatoms. The van der Waals surface area contributed by atoms with E-state index >= 15 is 0 Å². The maximum atomic E-state index is 11.4. The highest BCUT2D eigenvalue weighted by molar-refractivity contribution is 5.69. The number of esters is 1. The molecular weight excluding hydrogens is 252 g/mol. The minimum Gasteiger partial charge on any atom is -0.466 e. The summed E-state index contributed by atoms with van der Waals surface area (Å²) in [6, 6.07) is 0. The summed E-state index contributed by atoms with van der Waals surface area (Å²) >= 11 is 0. The molecule has 0 N–H and O–H groups in total. The van der Waals surface area contributed by atoms with Gasteiger partial charge in [0.25, 0.3) is 0 Å².